The lowest BCUT2D eigenvalue weighted by molar-refractivity contribution is 0.0243. The minimum Gasteiger partial charge on any atom is -0.389 e. The molecule has 0 aliphatic rings. The number of hydrogen-bond acceptors (Lipinski definition) is 3. The first-order valence-corrected chi connectivity index (χ1v) is 8.19. The summed E-state index contributed by atoms with van der Waals surface area (Å²) in [6.45, 7) is 4.70. The molecular formula is C21H25NO2. The second-order valence-corrected chi connectivity index (χ2v) is 5.95. The molecule has 3 nitrogen and oxygen atoms in total. The molecule has 1 N–H and O–H groups in total. The summed E-state index contributed by atoms with van der Waals surface area (Å²) in [5.74, 6) is 2.42. The van der Waals surface area contributed by atoms with Crippen LogP contribution >= 0.6 is 0 Å². The van der Waals surface area contributed by atoms with Gasteiger partial charge in [0.25, 0.3) is 0 Å². The lowest BCUT2D eigenvalue weighted by Gasteiger charge is -2.26. The first-order chi connectivity index (χ1) is 11.7. The van der Waals surface area contributed by atoms with Crippen molar-refractivity contribution in [1.29, 1.82) is 0 Å². The average molecular weight is 323 g/mol. The molecule has 1 atom stereocenters. The number of aryl methyl sites for hydroxylation is 1. The summed E-state index contributed by atoms with van der Waals surface area (Å²) < 4.78 is 5.26. The highest BCUT2D eigenvalue weighted by Gasteiger charge is 2.14. The minimum absolute atomic E-state index is 0.230. The molecule has 126 valence electrons. The molecular weight excluding hydrogens is 298 g/mol. The van der Waals surface area contributed by atoms with Crippen LogP contribution in [0.25, 0.3) is 0 Å². The van der Waals surface area contributed by atoms with Crippen LogP contribution in [0.15, 0.2) is 54.6 Å². The van der Waals surface area contributed by atoms with E-state index in [1.54, 1.807) is 0 Å². The third-order valence-corrected chi connectivity index (χ3v) is 3.87. The highest BCUT2D eigenvalue weighted by molar-refractivity contribution is 5.25. The Morgan fingerprint density at radius 1 is 1.08 bits per heavy atom. The molecule has 0 radical (unpaired) electrons. The van der Waals surface area contributed by atoms with Crippen LogP contribution in [0.1, 0.15) is 16.7 Å². The Kier molecular flexibility index (Phi) is 7.51. The number of terminal acetylenes is 1. The fourth-order valence-corrected chi connectivity index (χ4v) is 2.66. The van der Waals surface area contributed by atoms with E-state index in [0.29, 0.717) is 6.54 Å². The van der Waals surface area contributed by atoms with Gasteiger partial charge < -0.3 is 9.84 Å². The van der Waals surface area contributed by atoms with Crippen molar-refractivity contribution in [1.82, 2.24) is 4.90 Å². The van der Waals surface area contributed by atoms with Gasteiger partial charge in [0.2, 0.25) is 0 Å². The second-order valence-electron chi connectivity index (χ2n) is 5.95. The number of ether oxygens (including phenoxy) is 1. The second kappa shape index (κ2) is 9.89. The summed E-state index contributed by atoms with van der Waals surface area (Å²) in [6, 6.07) is 18.6. The summed E-state index contributed by atoms with van der Waals surface area (Å²) in [4.78, 5) is 2.24. The standard InChI is InChI=1S/C21H25NO2/c1-3-13-24-17-21(23)16-22(14-19-10-5-4-6-11-19)15-20-12-8-7-9-18(20)2/h1,4-12,21,23H,13-17H2,2H3/t21-/m1/s1. The maximum atomic E-state index is 10.2. The summed E-state index contributed by atoms with van der Waals surface area (Å²) in [7, 11) is 0. The summed E-state index contributed by atoms with van der Waals surface area (Å²) in [5.41, 5.74) is 3.75. The van der Waals surface area contributed by atoms with E-state index in [0.717, 1.165) is 13.1 Å². The molecule has 0 aliphatic carbocycles. The molecule has 0 fully saturated rings. The van der Waals surface area contributed by atoms with E-state index in [-0.39, 0.29) is 13.2 Å². The van der Waals surface area contributed by atoms with Gasteiger partial charge in [0, 0.05) is 19.6 Å². The van der Waals surface area contributed by atoms with E-state index in [1.165, 1.54) is 16.7 Å². The molecule has 3 heteroatoms. The van der Waals surface area contributed by atoms with Crippen LogP contribution in [-0.2, 0) is 17.8 Å². The van der Waals surface area contributed by atoms with E-state index < -0.39 is 6.10 Å². The van der Waals surface area contributed by atoms with Gasteiger partial charge in [-0.25, -0.2) is 0 Å². The maximum Gasteiger partial charge on any atom is 0.107 e. The molecule has 24 heavy (non-hydrogen) atoms. The Bertz CT molecular complexity index is 648. The van der Waals surface area contributed by atoms with Gasteiger partial charge in [-0.15, -0.1) is 6.42 Å². The van der Waals surface area contributed by atoms with E-state index in [4.69, 9.17) is 11.2 Å². The van der Waals surface area contributed by atoms with Crippen LogP contribution in [-0.4, -0.2) is 35.9 Å². The quantitative estimate of drug-likeness (QED) is 0.569. The van der Waals surface area contributed by atoms with Crippen LogP contribution < -0.4 is 0 Å². The van der Waals surface area contributed by atoms with E-state index in [1.807, 2.05) is 24.3 Å². The van der Waals surface area contributed by atoms with Gasteiger partial charge in [-0.05, 0) is 23.6 Å². The SMILES string of the molecule is C#CCOC[C@H](O)CN(Cc1ccccc1)Cc1ccccc1C. The fraction of sp³-hybridized carbons (Fsp3) is 0.333. The zero-order chi connectivity index (χ0) is 17.2. The van der Waals surface area contributed by atoms with Gasteiger partial charge in [-0.1, -0.05) is 60.5 Å². The van der Waals surface area contributed by atoms with E-state index in [2.05, 4.69) is 48.1 Å². The molecule has 0 saturated heterocycles. The molecule has 0 heterocycles. The number of aliphatic hydroxyl groups is 1. The molecule has 2 aromatic rings. The van der Waals surface area contributed by atoms with Crippen LogP contribution in [0.2, 0.25) is 0 Å². The Balaban J connectivity index is 2.03. The van der Waals surface area contributed by atoms with Gasteiger partial charge >= 0.3 is 0 Å². The summed E-state index contributed by atoms with van der Waals surface area (Å²) in [6.07, 6.45) is 4.61. The smallest absolute Gasteiger partial charge is 0.107 e. The van der Waals surface area contributed by atoms with Crippen molar-refractivity contribution >= 4 is 0 Å². The predicted octanol–water partition coefficient (Wildman–Crippen LogP) is 3.01. The molecule has 0 bridgehead atoms. The van der Waals surface area contributed by atoms with Crippen molar-refractivity contribution in [2.75, 3.05) is 19.8 Å². The molecule has 2 aromatic carbocycles. The van der Waals surface area contributed by atoms with Crippen molar-refractivity contribution in [3.8, 4) is 12.3 Å². The molecule has 0 amide bonds. The maximum absolute atomic E-state index is 10.2. The van der Waals surface area contributed by atoms with Gasteiger partial charge in [0.05, 0.1) is 12.7 Å². The number of hydrogen-bond donors (Lipinski definition) is 1. The summed E-state index contributed by atoms with van der Waals surface area (Å²) >= 11 is 0. The van der Waals surface area contributed by atoms with Crippen molar-refractivity contribution in [2.45, 2.75) is 26.1 Å². The Morgan fingerprint density at radius 3 is 2.50 bits per heavy atom. The Labute approximate surface area is 144 Å². The highest BCUT2D eigenvalue weighted by Crippen LogP contribution is 2.14. The van der Waals surface area contributed by atoms with Crippen LogP contribution in [0, 0.1) is 19.3 Å². The van der Waals surface area contributed by atoms with Crippen molar-refractivity contribution in [3.05, 3.63) is 71.3 Å². The molecule has 0 saturated carbocycles. The van der Waals surface area contributed by atoms with Gasteiger partial charge in [-0.2, -0.15) is 0 Å². The minimum atomic E-state index is -0.564. The normalized spacial score (nSPS) is 12.1. The lowest BCUT2D eigenvalue weighted by Crippen LogP contribution is -2.34. The monoisotopic (exact) mass is 323 g/mol. The van der Waals surface area contributed by atoms with E-state index >= 15 is 0 Å². The summed E-state index contributed by atoms with van der Waals surface area (Å²) in [5, 5.41) is 10.2. The number of benzene rings is 2. The first-order valence-electron chi connectivity index (χ1n) is 8.19. The zero-order valence-electron chi connectivity index (χ0n) is 14.2. The molecule has 0 spiro atoms. The zero-order valence-corrected chi connectivity index (χ0v) is 14.2. The first kappa shape index (κ1) is 18.2. The molecule has 0 aromatic heterocycles. The Hall–Kier alpha value is -2.12. The van der Waals surface area contributed by atoms with Gasteiger partial charge in [0.1, 0.15) is 6.61 Å². The highest BCUT2D eigenvalue weighted by atomic mass is 16.5. The van der Waals surface area contributed by atoms with Crippen molar-refractivity contribution in [3.63, 3.8) is 0 Å². The van der Waals surface area contributed by atoms with Gasteiger partial charge in [-0.3, -0.25) is 4.90 Å². The lowest BCUT2D eigenvalue weighted by atomic mass is 10.1. The van der Waals surface area contributed by atoms with Crippen LogP contribution in [0.3, 0.4) is 0 Å². The van der Waals surface area contributed by atoms with Crippen LogP contribution in [0.5, 0.6) is 0 Å². The number of nitrogens with zero attached hydrogens (tertiary/aromatic N) is 1. The predicted molar refractivity (Wildman–Crippen MR) is 97.4 cm³/mol. The third kappa shape index (κ3) is 6.17. The third-order valence-electron chi connectivity index (χ3n) is 3.87. The number of aliphatic hydroxyl groups excluding tert-OH is 1. The van der Waals surface area contributed by atoms with Crippen LogP contribution in [0.4, 0.5) is 0 Å². The molecule has 0 aliphatic heterocycles. The van der Waals surface area contributed by atoms with Crippen molar-refractivity contribution in [2.24, 2.45) is 0 Å². The fourth-order valence-electron chi connectivity index (χ4n) is 2.66. The topological polar surface area (TPSA) is 32.7 Å². The molecule has 2 rings (SSSR count). The molecule has 0 unspecified atom stereocenters. The van der Waals surface area contributed by atoms with Crippen molar-refractivity contribution < 1.29 is 9.84 Å². The largest absolute Gasteiger partial charge is 0.389 e. The number of rotatable bonds is 9. The average Bonchev–Trinajstić information content (AvgIpc) is 2.58. The van der Waals surface area contributed by atoms with Gasteiger partial charge in [0.15, 0.2) is 0 Å². The van der Waals surface area contributed by atoms with E-state index in [9.17, 15) is 5.11 Å². The Morgan fingerprint density at radius 2 is 1.79 bits per heavy atom.